The van der Waals surface area contributed by atoms with Crippen molar-refractivity contribution >= 4 is 27.3 Å². The van der Waals surface area contributed by atoms with Crippen molar-refractivity contribution < 1.29 is 17.6 Å². The number of carbonyl (C=O) groups excluding carboxylic acids is 1. The smallest absolute Gasteiger partial charge is 0.290 e. The Morgan fingerprint density at radius 1 is 1.29 bits per heavy atom. The standard InChI is InChI=1S/C16H17ClN2O4S/c1-24(21,22)15-7-6-14(23-15)16(20)19-9-8-18-10-13(19)11-4-2-3-5-12(11)17/h2-7,13,18H,8-10H2,1H3. The van der Waals surface area contributed by atoms with Crippen molar-refractivity contribution in [1.82, 2.24) is 10.2 Å². The molecule has 2 aromatic rings. The van der Waals surface area contributed by atoms with Crippen LogP contribution in [0.1, 0.15) is 22.2 Å². The van der Waals surface area contributed by atoms with Gasteiger partial charge in [0, 0.05) is 30.9 Å². The molecule has 0 spiro atoms. The van der Waals surface area contributed by atoms with Gasteiger partial charge in [0.1, 0.15) is 0 Å². The maximum absolute atomic E-state index is 12.8. The van der Waals surface area contributed by atoms with Gasteiger partial charge in [-0.05, 0) is 23.8 Å². The van der Waals surface area contributed by atoms with E-state index in [-0.39, 0.29) is 22.8 Å². The van der Waals surface area contributed by atoms with Crippen LogP contribution in [0.5, 0.6) is 0 Å². The van der Waals surface area contributed by atoms with Crippen LogP contribution in [0.25, 0.3) is 0 Å². The molecule has 1 atom stereocenters. The number of sulfone groups is 1. The van der Waals surface area contributed by atoms with Crippen molar-refractivity contribution in [2.75, 3.05) is 25.9 Å². The predicted octanol–water partition coefficient (Wildman–Crippen LogP) is 2.12. The molecule has 24 heavy (non-hydrogen) atoms. The first-order valence-corrected chi connectivity index (χ1v) is 9.71. The van der Waals surface area contributed by atoms with Crippen LogP contribution in [0.2, 0.25) is 5.02 Å². The Bertz CT molecular complexity index is 862. The number of benzene rings is 1. The average molecular weight is 369 g/mol. The highest BCUT2D eigenvalue weighted by molar-refractivity contribution is 7.90. The molecule has 0 bridgehead atoms. The summed E-state index contributed by atoms with van der Waals surface area (Å²) in [7, 11) is -3.49. The second-order valence-electron chi connectivity index (χ2n) is 5.63. The molecule has 1 aromatic carbocycles. The van der Waals surface area contributed by atoms with E-state index in [9.17, 15) is 13.2 Å². The molecule has 1 unspecified atom stereocenters. The van der Waals surface area contributed by atoms with Gasteiger partial charge >= 0.3 is 0 Å². The van der Waals surface area contributed by atoms with Crippen molar-refractivity contribution in [3.05, 3.63) is 52.7 Å². The maximum Gasteiger partial charge on any atom is 0.290 e. The number of hydrogen-bond donors (Lipinski definition) is 1. The number of halogens is 1. The minimum absolute atomic E-state index is 0.00868. The first kappa shape index (κ1) is 17.0. The van der Waals surface area contributed by atoms with Crippen LogP contribution in [0, 0.1) is 0 Å². The fourth-order valence-corrected chi connectivity index (χ4v) is 3.56. The Balaban J connectivity index is 1.92. The van der Waals surface area contributed by atoms with E-state index in [2.05, 4.69) is 5.32 Å². The van der Waals surface area contributed by atoms with Crippen molar-refractivity contribution in [3.63, 3.8) is 0 Å². The number of nitrogens with zero attached hydrogens (tertiary/aromatic N) is 1. The van der Waals surface area contributed by atoms with Crippen LogP contribution < -0.4 is 5.32 Å². The van der Waals surface area contributed by atoms with Crippen LogP contribution in [-0.4, -0.2) is 45.1 Å². The maximum atomic E-state index is 12.8. The van der Waals surface area contributed by atoms with Gasteiger partial charge in [0.05, 0.1) is 6.04 Å². The molecule has 8 heteroatoms. The largest absolute Gasteiger partial charge is 0.440 e. The summed E-state index contributed by atoms with van der Waals surface area (Å²) in [5.41, 5.74) is 0.842. The van der Waals surface area contributed by atoms with E-state index in [0.29, 0.717) is 24.7 Å². The quantitative estimate of drug-likeness (QED) is 0.897. The van der Waals surface area contributed by atoms with E-state index in [0.717, 1.165) is 11.8 Å². The molecule has 6 nitrogen and oxygen atoms in total. The minimum atomic E-state index is -3.49. The third kappa shape index (κ3) is 3.33. The molecule has 1 amide bonds. The van der Waals surface area contributed by atoms with Gasteiger partial charge in [0.2, 0.25) is 14.9 Å². The van der Waals surface area contributed by atoms with Crippen LogP contribution in [0.3, 0.4) is 0 Å². The molecule has 0 saturated carbocycles. The Kier molecular flexibility index (Phi) is 4.67. The monoisotopic (exact) mass is 368 g/mol. The summed E-state index contributed by atoms with van der Waals surface area (Å²) in [5.74, 6) is -0.342. The van der Waals surface area contributed by atoms with Crippen molar-refractivity contribution in [3.8, 4) is 0 Å². The summed E-state index contributed by atoms with van der Waals surface area (Å²) in [5, 5.41) is 3.62. The fraction of sp³-hybridized carbons (Fsp3) is 0.312. The lowest BCUT2D eigenvalue weighted by molar-refractivity contribution is 0.0596. The molecule has 3 rings (SSSR count). The van der Waals surface area contributed by atoms with Gasteiger partial charge in [-0.25, -0.2) is 8.42 Å². The van der Waals surface area contributed by atoms with Crippen molar-refractivity contribution in [1.29, 1.82) is 0 Å². The van der Waals surface area contributed by atoms with E-state index in [1.807, 2.05) is 18.2 Å². The molecule has 2 heterocycles. The van der Waals surface area contributed by atoms with Gasteiger partial charge in [0.25, 0.3) is 5.91 Å². The van der Waals surface area contributed by atoms with Gasteiger partial charge in [-0.3, -0.25) is 4.79 Å². The zero-order valence-corrected chi connectivity index (χ0v) is 14.6. The SMILES string of the molecule is CS(=O)(=O)c1ccc(C(=O)N2CCNCC2c2ccccc2Cl)o1. The molecule has 1 saturated heterocycles. The molecular formula is C16H17ClN2O4S. The summed E-state index contributed by atoms with van der Waals surface area (Å²) in [6, 6.07) is 9.81. The summed E-state index contributed by atoms with van der Waals surface area (Å²) in [6.07, 6.45) is 1.04. The second-order valence-corrected chi connectivity index (χ2v) is 7.98. The second kappa shape index (κ2) is 6.58. The molecule has 0 radical (unpaired) electrons. The summed E-state index contributed by atoms with van der Waals surface area (Å²) < 4.78 is 28.3. The number of piperazine rings is 1. The molecule has 1 N–H and O–H groups in total. The van der Waals surface area contributed by atoms with Crippen LogP contribution in [0.15, 0.2) is 45.9 Å². The summed E-state index contributed by atoms with van der Waals surface area (Å²) in [6.45, 7) is 1.69. The van der Waals surface area contributed by atoms with E-state index < -0.39 is 9.84 Å². The Morgan fingerprint density at radius 3 is 2.71 bits per heavy atom. The Morgan fingerprint density at radius 2 is 2.04 bits per heavy atom. The van der Waals surface area contributed by atoms with E-state index in [1.54, 1.807) is 11.0 Å². The normalized spacial score (nSPS) is 18.6. The molecule has 1 aromatic heterocycles. The lowest BCUT2D eigenvalue weighted by Gasteiger charge is -2.36. The first-order chi connectivity index (χ1) is 11.4. The fourth-order valence-electron chi connectivity index (χ4n) is 2.75. The number of carbonyl (C=O) groups is 1. The Hall–Kier alpha value is -1.83. The molecule has 0 aliphatic carbocycles. The summed E-state index contributed by atoms with van der Waals surface area (Å²) >= 11 is 6.27. The molecule has 128 valence electrons. The average Bonchev–Trinajstić information content (AvgIpc) is 3.05. The van der Waals surface area contributed by atoms with Gasteiger partial charge in [-0.15, -0.1) is 0 Å². The predicted molar refractivity (Wildman–Crippen MR) is 89.9 cm³/mol. The number of nitrogens with one attached hydrogen (secondary N) is 1. The zero-order chi connectivity index (χ0) is 17.3. The van der Waals surface area contributed by atoms with Gasteiger partial charge in [-0.2, -0.15) is 0 Å². The molecular weight excluding hydrogens is 352 g/mol. The van der Waals surface area contributed by atoms with Crippen LogP contribution in [-0.2, 0) is 9.84 Å². The van der Waals surface area contributed by atoms with E-state index in [1.165, 1.54) is 12.1 Å². The van der Waals surface area contributed by atoms with Gasteiger partial charge < -0.3 is 14.6 Å². The summed E-state index contributed by atoms with van der Waals surface area (Å²) in [4.78, 5) is 14.5. The minimum Gasteiger partial charge on any atom is -0.440 e. The zero-order valence-electron chi connectivity index (χ0n) is 13.0. The van der Waals surface area contributed by atoms with E-state index >= 15 is 0 Å². The van der Waals surface area contributed by atoms with Crippen molar-refractivity contribution in [2.24, 2.45) is 0 Å². The van der Waals surface area contributed by atoms with Crippen LogP contribution in [0.4, 0.5) is 0 Å². The number of furan rings is 1. The van der Waals surface area contributed by atoms with Gasteiger partial charge in [0.15, 0.2) is 5.76 Å². The molecule has 1 fully saturated rings. The van der Waals surface area contributed by atoms with Crippen molar-refractivity contribution in [2.45, 2.75) is 11.1 Å². The number of rotatable bonds is 3. The number of hydrogen-bond acceptors (Lipinski definition) is 5. The topological polar surface area (TPSA) is 79.6 Å². The number of amides is 1. The highest BCUT2D eigenvalue weighted by Gasteiger charge is 2.31. The van der Waals surface area contributed by atoms with Gasteiger partial charge in [-0.1, -0.05) is 29.8 Å². The van der Waals surface area contributed by atoms with Crippen LogP contribution >= 0.6 is 11.6 Å². The Labute approximate surface area is 145 Å². The lowest BCUT2D eigenvalue weighted by Crippen LogP contribution is -2.48. The molecule has 1 aliphatic heterocycles. The lowest BCUT2D eigenvalue weighted by atomic mass is 10.0. The highest BCUT2D eigenvalue weighted by Crippen LogP contribution is 2.30. The molecule has 1 aliphatic rings. The van der Waals surface area contributed by atoms with E-state index in [4.69, 9.17) is 16.0 Å². The highest BCUT2D eigenvalue weighted by atomic mass is 35.5. The third-order valence-electron chi connectivity index (χ3n) is 3.93. The first-order valence-electron chi connectivity index (χ1n) is 7.44. The third-order valence-corrected chi connectivity index (χ3v) is 5.22.